The molecule has 3 aromatic rings. The molecule has 0 atom stereocenters. The number of rotatable bonds is 9. The third-order valence-electron chi connectivity index (χ3n) is 5.97. The van der Waals surface area contributed by atoms with E-state index in [1.54, 1.807) is 24.3 Å². The molecule has 1 aliphatic heterocycles. The lowest BCUT2D eigenvalue weighted by atomic mass is 10.2. The Labute approximate surface area is 193 Å². The lowest BCUT2D eigenvalue weighted by Crippen LogP contribution is -2.46. The summed E-state index contributed by atoms with van der Waals surface area (Å²) in [5.41, 5.74) is 1.40. The van der Waals surface area contributed by atoms with Crippen molar-refractivity contribution >= 4 is 16.6 Å². The molecule has 8 heteroatoms. The van der Waals surface area contributed by atoms with Crippen molar-refractivity contribution in [2.45, 2.75) is 45.8 Å². The Bertz CT molecular complexity index is 1130. The molecule has 0 amide bonds. The van der Waals surface area contributed by atoms with Gasteiger partial charge in [0, 0.05) is 38.8 Å². The number of fused-ring (bicyclic) bond motifs is 1. The van der Waals surface area contributed by atoms with Crippen LogP contribution in [0.4, 0.5) is 10.1 Å². The van der Waals surface area contributed by atoms with E-state index in [-0.39, 0.29) is 17.5 Å². The molecule has 7 nitrogen and oxygen atoms in total. The number of halogens is 1. The highest BCUT2D eigenvalue weighted by molar-refractivity contribution is 5.76. The minimum Gasteiger partial charge on any atom is -0.489 e. The minimum atomic E-state index is -0.237. The van der Waals surface area contributed by atoms with E-state index in [0.717, 1.165) is 63.4 Å². The lowest BCUT2D eigenvalue weighted by molar-refractivity contribution is 0.236. The van der Waals surface area contributed by atoms with E-state index < -0.39 is 0 Å². The molecule has 1 fully saturated rings. The maximum Gasteiger partial charge on any atom is 0.277 e. The molecule has 2 heterocycles. The largest absolute Gasteiger partial charge is 0.489 e. The van der Waals surface area contributed by atoms with E-state index in [1.165, 1.54) is 10.7 Å². The van der Waals surface area contributed by atoms with Crippen LogP contribution in [0.25, 0.3) is 10.9 Å². The number of hydrogen-bond donors (Lipinski definition) is 0. The first-order valence-corrected chi connectivity index (χ1v) is 11.8. The summed E-state index contributed by atoms with van der Waals surface area (Å²) in [6.45, 7) is 9.13. The Morgan fingerprint density at radius 1 is 1.00 bits per heavy atom. The van der Waals surface area contributed by atoms with E-state index >= 15 is 0 Å². The maximum absolute atomic E-state index is 13.9. The average Bonchev–Trinajstić information content (AvgIpc) is 2.82. The quantitative estimate of drug-likeness (QED) is 0.460. The standard InChI is InChI=1S/C25H32FN5O2/c1-19(2)33-24-11-10-20(26)18-23(24)30-16-14-29(15-17-30)12-6-3-7-13-31-25(32)21-8-4-5-9-22(21)27-28-31/h4-5,8-11,18-19H,3,6-7,12-17H2,1-2H3. The molecule has 0 spiro atoms. The Kier molecular flexibility index (Phi) is 7.54. The summed E-state index contributed by atoms with van der Waals surface area (Å²) < 4.78 is 21.2. The Balaban J connectivity index is 1.21. The normalized spacial score (nSPS) is 14.8. The van der Waals surface area contributed by atoms with Crippen molar-refractivity contribution in [3.63, 3.8) is 0 Å². The zero-order valence-electron chi connectivity index (χ0n) is 19.4. The number of aryl methyl sites for hydroxylation is 1. The predicted octanol–water partition coefficient (Wildman–Crippen LogP) is 3.71. The van der Waals surface area contributed by atoms with Gasteiger partial charge < -0.3 is 9.64 Å². The number of unbranched alkanes of at least 4 members (excludes halogenated alkanes) is 2. The van der Waals surface area contributed by atoms with Crippen LogP contribution < -0.4 is 15.2 Å². The first kappa shape index (κ1) is 23.2. The van der Waals surface area contributed by atoms with Crippen LogP contribution in [-0.2, 0) is 6.54 Å². The Morgan fingerprint density at radius 2 is 1.76 bits per heavy atom. The van der Waals surface area contributed by atoms with E-state index in [9.17, 15) is 9.18 Å². The molecule has 1 aliphatic rings. The van der Waals surface area contributed by atoms with Gasteiger partial charge in [0.1, 0.15) is 17.1 Å². The minimum absolute atomic E-state index is 0.0481. The van der Waals surface area contributed by atoms with Crippen LogP contribution in [0.15, 0.2) is 47.3 Å². The van der Waals surface area contributed by atoms with E-state index in [4.69, 9.17) is 4.74 Å². The van der Waals surface area contributed by atoms with Crippen molar-refractivity contribution in [3.05, 3.63) is 58.6 Å². The van der Waals surface area contributed by atoms with Gasteiger partial charge in [0.15, 0.2) is 0 Å². The van der Waals surface area contributed by atoms with Gasteiger partial charge in [-0.3, -0.25) is 9.69 Å². The number of nitrogens with zero attached hydrogens (tertiary/aromatic N) is 5. The topological polar surface area (TPSA) is 63.5 Å². The second kappa shape index (κ2) is 10.7. The van der Waals surface area contributed by atoms with Crippen LogP contribution in [0.2, 0.25) is 0 Å². The summed E-state index contributed by atoms with van der Waals surface area (Å²) >= 11 is 0. The van der Waals surface area contributed by atoms with Gasteiger partial charge in [0.05, 0.1) is 17.2 Å². The molecule has 0 aliphatic carbocycles. The number of aromatic nitrogens is 3. The van der Waals surface area contributed by atoms with Crippen LogP contribution in [0.1, 0.15) is 33.1 Å². The van der Waals surface area contributed by atoms with Crippen molar-refractivity contribution in [1.29, 1.82) is 0 Å². The number of anilines is 1. The molecule has 2 aromatic carbocycles. The third kappa shape index (κ3) is 5.87. The summed E-state index contributed by atoms with van der Waals surface area (Å²) in [5, 5.41) is 8.82. The van der Waals surface area contributed by atoms with Gasteiger partial charge in [0.25, 0.3) is 5.56 Å². The fourth-order valence-electron chi connectivity index (χ4n) is 4.25. The highest BCUT2D eigenvalue weighted by Crippen LogP contribution is 2.31. The lowest BCUT2D eigenvalue weighted by Gasteiger charge is -2.37. The number of piperazine rings is 1. The predicted molar refractivity (Wildman–Crippen MR) is 128 cm³/mol. The molecular formula is C25H32FN5O2. The van der Waals surface area contributed by atoms with Crippen LogP contribution in [-0.4, -0.2) is 58.7 Å². The SMILES string of the molecule is CC(C)Oc1ccc(F)cc1N1CCN(CCCCCn2nnc3ccccc3c2=O)CC1. The summed E-state index contributed by atoms with van der Waals surface area (Å²) in [7, 11) is 0. The molecular weight excluding hydrogens is 421 g/mol. The van der Waals surface area contributed by atoms with Crippen LogP contribution in [0, 0.1) is 5.82 Å². The van der Waals surface area contributed by atoms with Crippen LogP contribution >= 0.6 is 0 Å². The highest BCUT2D eigenvalue weighted by atomic mass is 19.1. The summed E-state index contributed by atoms with van der Waals surface area (Å²) in [6.07, 6.45) is 3.04. The molecule has 33 heavy (non-hydrogen) atoms. The summed E-state index contributed by atoms with van der Waals surface area (Å²) in [5.74, 6) is 0.505. The van der Waals surface area contributed by atoms with Gasteiger partial charge in [-0.15, -0.1) is 5.10 Å². The van der Waals surface area contributed by atoms with Crippen molar-refractivity contribution in [2.75, 3.05) is 37.6 Å². The molecule has 1 aromatic heterocycles. The summed E-state index contributed by atoms with van der Waals surface area (Å²) in [6, 6.07) is 12.1. The molecule has 0 unspecified atom stereocenters. The van der Waals surface area contributed by atoms with E-state index in [2.05, 4.69) is 20.1 Å². The molecule has 176 valence electrons. The molecule has 1 saturated heterocycles. The number of hydrogen-bond acceptors (Lipinski definition) is 6. The first-order chi connectivity index (χ1) is 16.0. The van der Waals surface area contributed by atoms with Gasteiger partial charge in [0.2, 0.25) is 0 Å². The fourth-order valence-corrected chi connectivity index (χ4v) is 4.25. The second-order valence-corrected chi connectivity index (χ2v) is 8.80. The van der Waals surface area contributed by atoms with Gasteiger partial charge >= 0.3 is 0 Å². The molecule has 4 rings (SSSR count). The second-order valence-electron chi connectivity index (χ2n) is 8.80. The van der Waals surface area contributed by atoms with Crippen LogP contribution in [0.5, 0.6) is 5.75 Å². The highest BCUT2D eigenvalue weighted by Gasteiger charge is 2.20. The van der Waals surface area contributed by atoms with Crippen molar-refractivity contribution in [1.82, 2.24) is 19.9 Å². The van der Waals surface area contributed by atoms with E-state index in [0.29, 0.717) is 17.4 Å². The zero-order valence-corrected chi connectivity index (χ0v) is 19.4. The van der Waals surface area contributed by atoms with Gasteiger partial charge in [-0.05, 0) is 57.5 Å². The Hall–Kier alpha value is -3.00. The van der Waals surface area contributed by atoms with Crippen LogP contribution in [0.3, 0.4) is 0 Å². The van der Waals surface area contributed by atoms with Crippen molar-refractivity contribution in [2.24, 2.45) is 0 Å². The van der Waals surface area contributed by atoms with Crippen molar-refractivity contribution in [3.8, 4) is 5.75 Å². The van der Waals surface area contributed by atoms with Crippen molar-refractivity contribution < 1.29 is 9.13 Å². The monoisotopic (exact) mass is 453 g/mol. The third-order valence-corrected chi connectivity index (χ3v) is 5.97. The number of benzene rings is 2. The first-order valence-electron chi connectivity index (χ1n) is 11.8. The molecule has 0 radical (unpaired) electrons. The van der Waals surface area contributed by atoms with Gasteiger partial charge in [-0.25, -0.2) is 9.07 Å². The number of ether oxygens (including phenoxy) is 1. The smallest absolute Gasteiger partial charge is 0.277 e. The Morgan fingerprint density at radius 3 is 2.55 bits per heavy atom. The zero-order chi connectivity index (χ0) is 23.2. The summed E-state index contributed by atoms with van der Waals surface area (Å²) in [4.78, 5) is 17.2. The molecule has 0 saturated carbocycles. The maximum atomic E-state index is 13.9. The fraction of sp³-hybridized carbons (Fsp3) is 0.480. The molecule has 0 N–H and O–H groups in total. The average molecular weight is 454 g/mol. The van der Waals surface area contributed by atoms with E-state index in [1.807, 2.05) is 26.0 Å². The molecule has 0 bridgehead atoms. The van der Waals surface area contributed by atoms with Gasteiger partial charge in [-0.1, -0.05) is 23.8 Å². The van der Waals surface area contributed by atoms with Gasteiger partial charge in [-0.2, -0.15) is 0 Å².